The first-order valence-corrected chi connectivity index (χ1v) is 11.7. The Morgan fingerprint density at radius 3 is 2.60 bits per heavy atom. The molecule has 1 N–H and O–H groups in total. The van der Waals surface area contributed by atoms with E-state index in [0.717, 1.165) is 37.5 Å². The third kappa shape index (κ3) is 2.73. The maximum absolute atomic E-state index is 13.0. The lowest BCUT2D eigenvalue weighted by atomic mass is 9.71. The molecule has 0 radical (unpaired) electrons. The normalized spacial score (nSPS) is 27.7. The van der Waals surface area contributed by atoms with Gasteiger partial charge >= 0.3 is 0 Å². The number of piperidine rings is 1. The predicted molar refractivity (Wildman–Crippen MR) is 120 cm³/mol. The highest BCUT2D eigenvalue weighted by molar-refractivity contribution is 5.93. The fourth-order valence-corrected chi connectivity index (χ4v) is 6.74. The maximum Gasteiger partial charge on any atom is 0.247 e. The zero-order valence-electron chi connectivity index (χ0n) is 17.6. The van der Waals surface area contributed by atoms with Gasteiger partial charge in [0.15, 0.2) is 0 Å². The lowest BCUT2D eigenvalue weighted by Crippen LogP contribution is -2.57. The molecule has 1 unspecified atom stereocenters. The van der Waals surface area contributed by atoms with E-state index in [0.29, 0.717) is 12.7 Å². The molecule has 2 saturated heterocycles. The van der Waals surface area contributed by atoms with Gasteiger partial charge in [0.25, 0.3) is 0 Å². The predicted octanol–water partition coefficient (Wildman–Crippen LogP) is 4.37. The van der Waals surface area contributed by atoms with Gasteiger partial charge in [0.05, 0.1) is 6.67 Å². The molecule has 2 aromatic rings. The minimum atomic E-state index is -0.384. The Bertz CT molecular complexity index is 948. The molecule has 0 bridgehead atoms. The fourth-order valence-electron chi connectivity index (χ4n) is 6.74. The summed E-state index contributed by atoms with van der Waals surface area (Å²) in [5.41, 5.74) is 5.65. The number of benzene rings is 2. The second-order valence-electron chi connectivity index (χ2n) is 9.60. The topological polar surface area (TPSA) is 35.6 Å². The van der Waals surface area contributed by atoms with Crippen molar-refractivity contribution in [3.05, 3.63) is 65.2 Å². The van der Waals surface area contributed by atoms with Gasteiger partial charge in [-0.2, -0.15) is 0 Å². The molecule has 2 aliphatic carbocycles. The van der Waals surface area contributed by atoms with Crippen LogP contribution < -0.4 is 10.2 Å². The van der Waals surface area contributed by atoms with Gasteiger partial charge in [-0.05, 0) is 79.7 Å². The first kappa shape index (κ1) is 18.4. The molecule has 0 aromatic heterocycles. The summed E-state index contributed by atoms with van der Waals surface area (Å²) in [4.78, 5) is 18.0. The molecule has 2 aromatic carbocycles. The molecule has 156 valence electrons. The Kier molecular flexibility index (Phi) is 4.38. The number of carbonyl (C=O) groups excluding carboxylic acids is 1. The number of anilines is 1. The van der Waals surface area contributed by atoms with Gasteiger partial charge in [0.2, 0.25) is 5.91 Å². The molecule has 4 aliphatic rings. The quantitative estimate of drug-likeness (QED) is 0.812. The van der Waals surface area contributed by atoms with Crippen molar-refractivity contribution in [3.8, 4) is 0 Å². The van der Waals surface area contributed by atoms with Crippen LogP contribution in [0.15, 0.2) is 48.5 Å². The molecule has 1 spiro atoms. The van der Waals surface area contributed by atoms with Crippen molar-refractivity contribution in [1.29, 1.82) is 0 Å². The lowest BCUT2D eigenvalue weighted by molar-refractivity contribution is -0.125. The van der Waals surface area contributed by atoms with E-state index in [1.165, 1.54) is 32.1 Å². The molecular formula is C26H31N3O. The van der Waals surface area contributed by atoms with Gasteiger partial charge in [0, 0.05) is 24.8 Å². The molecule has 0 saturated carbocycles. The number of hydrogen-bond donors (Lipinski definition) is 1. The van der Waals surface area contributed by atoms with Gasteiger partial charge in [-0.25, -0.2) is 0 Å². The second-order valence-corrected chi connectivity index (χ2v) is 9.60. The minimum Gasteiger partial charge on any atom is -0.339 e. The Hall–Kier alpha value is -2.33. The summed E-state index contributed by atoms with van der Waals surface area (Å²) in [7, 11) is 0. The minimum absolute atomic E-state index is 0.215. The molecule has 2 atom stereocenters. The molecule has 2 aliphatic heterocycles. The van der Waals surface area contributed by atoms with Crippen LogP contribution in [0.4, 0.5) is 5.69 Å². The number of rotatable bonds is 2. The van der Waals surface area contributed by atoms with Crippen molar-refractivity contribution in [2.75, 3.05) is 24.7 Å². The first-order chi connectivity index (χ1) is 14.8. The van der Waals surface area contributed by atoms with Crippen LogP contribution in [-0.4, -0.2) is 36.1 Å². The molecule has 1 amide bonds. The number of carbonyl (C=O) groups is 1. The van der Waals surface area contributed by atoms with Gasteiger partial charge in [-0.1, -0.05) is 36.4 Å². The highest BCUT2D eigenvalue weighted by atomic mass is 16.2. The Morgan fingerprint density at radius 2 is 1.77 bits per heavy atom. The molecule has 6 rings (SSSR count). The average Bonchev–Trinajstić information content (AvgIpc) is 3.11. The van der Waals surface area contributed by atoms with Gasteiger partial charge < -0.3 is 10.2 Å². The number of nitrogens with one attached hydrogen (secondary N) is 1. The number of aryl methyl sites for hydroxylation is 1. The number of hydrogen-bond acceptors (Lipinski definition) is 3. The van der Waals surface area contributed by atoms with Crippen molar-refractivity contribution in [1.82, 2.24) is 10.2 Å². The highest BCUT2D eigenvalue weighted by Crippen LogP contribution is 2.48. The van der Waals surface area contributed by atoms with Crippen molar-refractivity contribution in [2.45, 2.75) is 62.4 Å². The Balaban J connectivity index is 1.26. The third-order valence-electron chi connectivity index (χ3n) is 8.26. The molecule has 2 fully saturated rings. The molecule has 4 nitrogen and oxygen atoms in total. The lowest BCUT2D eigenvalue weighted by Gasteiger charge is -2.47. The summed E-state index contributed by atoms with van der Waals surface area (Å²) < 4.78 is 0. The van der Waals surface area contributed by atoms with Crippen LogP contribution in [0.5, 0.6) is 0 Å². The van der Waals surface area contributed by atoms with Gasteiger partial charge in [0.1, 0.15) is 5.54 Å². The van der Waals surface area contributed by atoms with Crippen LogP contribution in [0, 0.1) is 0 Å². The van der Waals surface area contributed by atoms with E-state index in [1.807, 2.05) is 6.07 Å². The van der Waals surface area contributed by atoms with Crippen molar-refractivity contribution >= 4 is 11.6 Å². The number of nitrogens with zero attached hydrogens (tertiary/aromatic N) is 2. The zero-order valence-corrected chi connectivity index (χ0v) is 17.6. The summed E-state index contributed by atoms with van der Waals surface area (Å²) in [6, 6.07) is 18.0. The summed E-state index contributed by atoms with van der Waals surface area (Å²) >= 11 is 0. The van der Waals surface area contributed by atoms with Crippen LogP contribution in [-0.2, 0) is 11.2 Å². The summed E-state index contributed by atoms with van der Waals surface area (Å²) in [6.07, 6.45) is 8.37. The van der Waals surface area contributed by atoms with Gasteiger partial charge in [-0.3, -0.25) is 9.69 Å². The van der Waals surface area contributed by atoms with E-state index in [9.17, 15) is 4.79 Å². The second kappa shape index (κ2) is 7.12. The number of amides is 1. The van der Waals surface area contributed by atoms with E-state index < -0.39 is 0 Å². The maximum atomic E-state index is 13.0. The molecule has 30 heavy (non-hydrogen) atoms. The summed E-state index contributed by atoms with van der Waals surface area (Å²) in [6.45, 7) is 2.62. The van der Waals surface area contributed by atoms with Crippen LogP contribution in [0.1, 0.15) is 67.2 Å². The van der Waals surface area contributed by atoms with Crippen molar-refractivity contribution in [3.63, 3.8) is 0 Å². The molecule has 4 heteroatoms. The fraction of sp³-hybridized carbons (Fsp3) is 0.500. The average molecular weight is 402 g/mol. The van der Waals surface area contributed by atoms with E-state index >= 15 is 0 Å². The molecular weight excluding hydrogens is 370 g/mol. The van der Waals surface area contributed by atoms with Crippen LogP contribution in [0.2, 0.25) is 0 Å². The van der Waals surface area contributed by atoms with Crippen molar-refractivity contribution in [2.24, 2.45) is 0 Å². The zero-order chi connectivity index (χ0) is 20.1. The standard InChI is InChI=1S/C26H31N3O/c30-25-26(29(18-27-25)21-9-2-1-3-10-21)14-16-28(17-15-26)23-13-12-20-7-4-6-19-8-5-11-22(23)24(19)20/h1-3,5,8-11,20,23H,4,6-7,12-18H2,(H,27,30)/t20-,23?/m1/s1. The Labute approximate surface area is 179 Å². The summed E-state index contributed by atoms with van der Waals surface area (Å²) in [5.74, 6) is 0.998. The monoisotopic (exact) mass is 401 g/mol. The van der Waals surface area contributed by atoms with E-state index in [1.54, 1.807) is 16.7 Å². The summed E-state index contributed by atoms with van der Waals surface area (Å²) in [5, 5.41) is 3.14. The van der Waals surface area contributed by atoms with E-state index in [2.05, 4.69) is 57.6 Å². The van der Waals surface area contributed by atoms with E-state index in [4.69, 9.17) is 0 Å². The third-order valence-corrected chi connectivity index (χ3v) is 8.26. The number of para-hydroxylation sites is 1. The first-order valence-electron chi connectivity index (χ1n) is 11.7. The van der Waals surface area contributed by atoms with Crippen molar-refractivity contribution < 1.29 is 4.79 Å². The Morgan fingerprint density at radius 1 is 0.933 bits per heavy atom. The molecule has 2 heterocycles. The largest absolute Gasteiger partial charge is 0.339 e. The van der Waals surface area contributed by atoms with Crippen LogP contribution in [0.25, 0.3) is 0 Å². The van der Waals surface area contributed by atoms with Gasteiger partial charge in [-0.15, -0.1) is 0 Å². The SMILES string of the molecule is O=C1NCN(c2ccccc2)C12CCN(C1CC[C@H]3CCCc4cccc1c43)CC2. The smallest absolute Gasteiger partial charge is 0.247 e. The van der Waals surface area contributed by atoms with Crippen LogP contribution >= 0.6 is 0 Å². The number of likely N-dealkylation sites (tertiary alicyclic amines) is 1. The van der Waals surface area contributed by atoms with Crippen LogP contribution in [0.3, 0.4) is 0 Å². The van der Waals surface area contributed by atoms with E-state index in [-0.39, 0.29) is 11.4 Å². The highest BCUT2D eigenvalue weighted by Gasteiger charge is 2.51.